The highest BCUT2D eigenvalue weighted by atomic mass is 32.2. The van der Waals surface area contributed by atoms with Crippen LogP contribution in [0.2, 0.25) is 0 Å². The Morgan fingerprint density at radius 2 is 1.67 bits per heavy atom. The second-order valence-corrected chi connectivity index (χ2v) is 8.74. The molecule has 2 aromatic carbocycles. The molecule has 7 heteroatoms. The molecule has 0 atom stereocenters. The van der Waals surface area contributed by atoms with Crippen LogP contribution in [0.3, 0.4) is 0 Å². The Labute approximate surface area is 159 Å². The second kappa shape index (κ2) is 7.15. The summed E-state index contributed by atoms with van der Waals surface area (Å²) in [6, 6.07) is 12.7. The largest absolute Gasteiger partial charge is 0.341 e. The number of hydrogen-bond donors (Lipinski definition) is 1. The summed E-state index contributed by atoms with van der Waals surface area (Å²) in [4.78, 5) is 11.0. The fraction of sp³-hybridized carbons (Fsp3) is 0.300. The predicted molar refractivity (Wildman–Crippen MR) is 107 cm³/mol. The van der Waals surface area contributed by atoms with Crippen molar-refractivity contribution in [2.45, 2.75) is 24.7 Å². The quantitative estimate of drug-likeness (QED) is 0.745. The number of aromatic nitrogens is 2. The Morgan fingerprint density at radius 3 is 2.37 bits per heavy atom. The molecule has 0 bridgehead atoms. The average Bonchev–Trinajstić information content (AvgIpc) is 2.68. The molecule has 27 heavy (non-hydrogen) atoms. The molecule has 1 saturated heterocycles. The maximum Gasteiger partial charge on any atom is 0.262 e. The molecule has 4 rings (SSSR count). The van der Waals surface area contributed by atoms with Crippen molar-refractivity contribution in [1.82, 2.24) is 9.97 Å². The smallest absolute Gasteiger partial charge is 0.262 e. The summed E-state index contributed by atoms with van der Waals surface area (Å²) in [6.07, 6.45) is 5.30. The summed E-state index contributed by atoms with van der Waals surface area (Å²) >= 11 is 0. The number of piperidine rings is 1. The third kappa shape index (κ3) is 3.88. The van der Waals surface area contributed by atoms with Crippen LogP contribution in [-0.2, 0) is 10.0 Å². The zero-order valence-corrected chi connectivity index (χ0v) is 16.0. The van der Waals surface area contributed by atoms with Crippen LogP contribution in [0.1, 0.15) is 19.8 Å². The van der Waals surface area contributed by atoms with Crippen molar-refractivity contribution in [3.8, 4) is 0 Å². The summed E-state index contributed by atoms with van der Waals surface area (Å²) in [5.74, 6) is 1.38. The molecule has 1 aliphatic heterocycles. The van der Waals surface area contributed by atoms with E-state index in [2.05, 4.69) is 26.5 Å². The van der Waals surface area contributed by atoms with Crippen LogP contribution in [0.25, 0.3) is 10.8 Å². The van der Waals surface area contributed by atoms with Gasteiger partial charge < -0.3 is 4.90 Å². The molecule has 6 nitrogen and oxygen atoms in total. The number of rotatable bonds is 4. The first-order chi connectivity index (χ1) is 13.0. The third-order valence-corrected chi connectivity index (χ3v) is 6.37. The van der Waals surface area contributed by atoms with Crippen molar-refractivity contribution >= 4 is 32.4 Å². The summed E-state index contributed by atoms with van der Waals surface area (Å²) in [5, 5.41) is 1.88. The van der Waals surface area contributed by atoms with E-state index in [0.29, 0.717) is 11.6 Å². The molecule has 0 aliphatic carbocycles. The molecule has 1 aromatic heterocycles. The van der Waals surface area contributed by atoms with Gasteiger partial charge in [0.2, 0.25) is 5.95 Å². The van der Waals surface area contributed by atoms with Crippen molar-refractivity contribution in [3.05, 3.63) is 54.9 Å². The van der Waals surface area contributed by atoms with Gasteiger partial charge in [-0.05, 0) is 41.7 Å². The SMILES string of the molecule is CC1CCN(c2ncc(NS(=O)(=O)c3ccc4ccccc4c3)cn2)CC1. The van der Waals surface area contributed by atoms with E-state index < -0.39 is 10.0 Å². The van der Waals surface area contributed by atoms with Gasteiger partial charge in [-0.15, -0.1) is 0 Å². The normalized spacial score (nSPS) is 15.8. The predicted octanol–water partition coefficient (Wildman–Crippen LogP) is 3.67. The van der Waals surface area contributed by atoms with Crippen LogP contribution in [0.4, 0.5) is 11.6 Å². The van der Waals surface area contributed by atoms with Crippen LogP contribution in [0, 0.1) is 5.92 Å². The van der Waals surface area contributed by atoms with Crippen LogP contribution >= 0.6 is 0 Å². The van der Waals surface area contributed by atoms with E-state index in [4.69, 9.17) is 0 Å². The van der Waals surface area contributed by atoms with Crippen LogP contribution in [0.5, 0.6) is 0 Å². The molecular formula is C20H22N4O2S. The first kappa shape index (κ1) is 17.7. The molecule has 0 spiro atoms. The van der Waals surface area contributed by atoms with Gasteiger partial charge in [0.05, 0.1) is 23.0 Å². The summed E-state index contributed by atoms with van der Waals surface area (Å²) in [6.45, 7) is 4.12. The lowest BCUT2D eigenvalue weighted by atomic mass is 10.00. The van der Waals surface area contributed by atoms with Crippen LogP contribution < -0.4 is 9.62 Å². The van der Waals surface area contributed by atoms with E-state index in [1.54, 1.807) is 18.2 Å². The van der Waals surface area contributed by atoms with Gasteiger partial charge in [0.15, 0.2) is 0 Å². The molecule has 2 heterocycles. The third-order valence-electron chi connectivity index (χ3n) is 4.99. The number of benzene rings is 2. The molecule has 140 valence electrons. The number of nitrogens with zero attached hydrogens (tertiary/aromatic N) is 3. The first-order valence-corrected chi connectivity index (χ1v) is 10.6. The number of anilines is 2. The Morgan fingerprint density at radius 1 is 1.00 bits per heavy atom. The van der Waals surface area contributed by atoms with Gasteiger partial charge in [-0.3, -0.25) is 4.72 Å². The van der Waals surface area contributed by atoms with Gasteiger partial charge in [0.1, 0.15) is 0 Å². The van der Waals surface area contributed by atoms with Crippen molar-refractivity contribution in [3.63, 3.8) is 0 Å². The molecule has 0 unspecified atom stereocenters. The maximum absolute atomic E-state index is 12.7. The highest BCUT2D eigenvalue weighted by Crippen LogP contribution is 2.23. The van der Waals surface area contributed by atoms with Crippen molar-refractivity contribution in [1.29, 1.82) is 0 Å². The Kier molecular flexibility index (Phi) is 4.70. The molecule has 0 amide bonds. The molecule has 0 saturated carbocycles. The van der Waals surface area contributed by atoms with Crippen molar-refractivity contribution in [2.24, 2.45) is 5.92 Å². The van der Waals surface area contributed by atoms with Gasteiger partial charge in [-0.2, -0.15) is 0 Å². The van der Waals surface area contributed by atoms with Gasteiger partial charge in [0.25, 0.3) is 10.0 Å². The van der Waals surface area contributed by atoms with E-state index in [-0.39, 0.29) is 4.90 Å². The highest BCUT2D eigenvalue weighted by molar-refractivity contribution is 7.92. The summed E-state index contributed by atoms with van der Waals surface area (Å²) in [7, 11) is -3.69. The van der Waals surface area contributed by atoms with Crippen LogP contribution in [0.15, 0.2) is 59.8 Å². The van der Waals surface area contributed by atoms with E-state index in [9.17, 15) is 8.42 Å². The van der Waals surface area contributed by atoms with E-state index in [1.807, 2.05) is 24.3 Å². The minimum absolute atomic E-state index is 0.218. The number of nitrogens with one attached hydrogen (secondary N) is 1. The minimum atomic E-state index is -3.69. The zero-order valence-electron chi connectivity index (χ0n) is 15.2. The van der Waals surface area contributed by atoms with Crippen molar-refractivity contribution in [2.75, 3.05) is 22.7 Å². The van der Waals surface area contributed by atoms with E-state index in [1.165, 1.54) is 12.4 Å². The fourth-order valence-electron chi connectivity index (χ4n) is 3.29. The monoisotopic (exact) mass is 382 g/mol. The van der Waals surface area contributed by atoms with Gasteiger partial charge in [-0.1, -0.05) is 37.3 Å². The minimum Gasteiger partial charge on any atom is -0.341 e. The second-order valence-electron chi connectivity index (χ2n) is 7.06. The average molecular weight is 382 g/mol. The Bertz CT molecular complexity index is 1040. The van der Waals surface area contributed by atoms with Crippen LogP contribution in [-0.4, -0.2) is 31.5 Å². The lowest BCUT2D eigenvalue weighted by Gasteiger charge is -2.30. The maximum atomic E-state index is 12.7. The molecule has 0 radical (unpaired) electrons. The first-order valence-electron chi connectivity index (χ1n) is 9.10. The molecule has 3 aromatic rings. The van der Waals surface area contributed by atoms with Gasteiger partial charge in [-0.25, -0.2) is 18.4 Å². The van der Waals surface area contributed by atoms with Gasteiger partial charge >= 0.3 is 0 Å². The molecule has 1 N–H and O–H groups in total. The number of hydrogen-bond acceptors (Lipinski definition) is 5. The highest BCUT2D eigenvalue weighted by Gasteiger charge is 2.19. The topological polar surface area (TPSA) is 75.2 Å². The lowest BCUT2D eigenvalue weighted by molar-refractivity contribution is 0.434. The lowest BCUT2D eigenvalue weighted by Crippen LogP contribution is -2.34. The van der Waals surface area contributed by atoms with E-state index in [0.717, 1.165) is 42.6 Å². The van der Waals surface area contributed by atoms with Crippen molar-refractivity contribution < 1.29 is 8.42 Å². The zero-order chi connectivity index (χ0) is 18.9. The number of fused-ring (bicyclic) bond motifs is 1. The summed E-state index contributed by atoms with van der Waals surface area (Å²) < 4.78 is 27.9. The molecule has 1 aliphatic rings. The molecular weight excluding hydrogens is 360 g/mol. The molecule has 1 fully saturated rings. The Hall–Kier alpha value is -2.67. The van der Waals surface area contributed by atoms with Gasteiger partial charge in [0, 0.05) is 13.1 Å². The standard InChI is InChI=1S/C20H22N4O2S/c1-15-8-10-24(11-9-15)20-21-13-18(14-22-20)23-27(25,26)19-7-6-16-4-2-3-5-17(16)12-19/h2-7,12-15,23H,8-11H2,1H3. The number of sulfonamides is 1. The summed E-state index contributed by atoms with van der Waals surface area (Å²) in [5.41, 5.74) is 0.359. The fourth-order valence-corrected chi connectivity index (χ4v) is 4.36. The Balaban J connectivity index is 1.51. The van der Waals surface area contributed by atoms with E-state index >= 15 is 0 Å².